The van der Waals surface area contributed by atoms with Gasteiger partial charge in [0.25, 0.3) is 0 Å². The van der Waals surface area contributed by atoms with Crippen molar-refractivity contribution >= 4 is 23.2 Å². The Morgan fingerprint density at radius 3 is 2.76 bits per heavy atom. The molecule has 3 rings (SSSR count). The van der Waals surface area contributed by atoms with Gasteiger partial charge in [0.1, 0.15) is 6.07 Å². The first-order chi connectivity index (χ1) is 10.0. The number of nitriles is 1. The first kappa shape index (κ1) is 14.4. The smallest absolute Gasteiger partial charge is 0.230 e. The molecule has 1 aliphatic carbocycles. The highest BCUT2D eigenvalue weighted by Gasteiger charge is 2.57. The second-order valence-corrected chi connectivity index (χ2v) is 6.31. The average molecular weight is 305 g/mol. The van der Waals surface area contributed by atoms with Gasteiger partial charge in [0, 0.05) is 5.69 Å². The number of benzene rings is 1. The molecule has 1 aromatic carbocycles. The fourth-order valence-corrected chi connectivity index (χ4v) is 3.66. The third-order valence-electron chi connectivity index (χ3n) is 4.61. The lowest BCUT2D eigenvalue weighted by Crippen LogP contribution is -2.46. The predicted molar refractivity (Wildman–Crippen MR) is 80.0 cm³/mol. The quantitative estimate of drug-likeness (QED) is 0.934. The molecule has 2 fully saturated rings. The number of rotatable bonds is 3. The van der Waals surface area contributed by atoms with Gasteiger partial charge in [-0.25, -0.2) is 0 Å². The Bertz CT molecular complexity index is 636. The number of amides is 1. The summed E-state index contributed by atoms with van der Waals surface area (Å²) in [5.41, 5.74) is 0.122. The zero-order valence-corrected chi connectivity index (χ0v) is 12.6. The maximum atomic E-state index is 12.4. The summed E-state index contributed by atoms with van der Waals surface area (Å²) in [5, 5.41) is 20.2. The Kier molecular flexibility index (Phi) is 3.43. The lowest BCUT2D eigenvalue weighted by molar-refractivity contribution is -0.118. The molecule has 4 nitrogen and oxygen atoms in total. The SMILES string of the molecule is CC[C@@H]1N(c2ccc(C#N)c(Cl)c2)C(=O)C[C@@]1(O)C1CC1. The summed E-state index contributed by atoms with van der Waals surface area (Å²) in [6, 6.07) is 6.77. The van der Waals surface area contributed by atoms with Crippen LogP contribution in [0, 0.1) is 17.2 Å². The molecule has 2 atom stereocenters. The van der Waals surface area contributed by atoms with Gasteiger partial charge in [-0.2, -0.15) is 5.26 Å². The summed E-state index contributed by atoms with van der Waals surface area (Å²) in [6.07, 6.45) is 2.84. The largest absolute Gasteiger partial charge is 0.387 e. The van der Waals surface area contributed by atoms with Crippen molar-refractivity contribution in [2.75, 3.05) is 4.90 Å². The van der Waals surface area contributed by atoms with E-state index in [-0.39, 0.29) is 24.3 Å². The molecule has 1 heterocycles. The average Bonchev–Trinajstić information content (AvgIpc) is 3.25. The first-order valence-electron chi connectivity index (χ1n) is 7.25. The van der Waals surface area contributed by atoms with Crippen molar-refractivity contribution in [2.45, 2.75) is 44.2 Å². The van der Waals surface area contributed by atoms with Gasteiger partial charge >= 0.3 is 0 Å². The molecule has 1 saturated heterocycles. The van der Waals surface area contributed by atoms with Gasteiger partial charge in [-0.1, -0.05) is 18.5 Å². The van der Waals surface area contributed by atoms with E-state index in [1.165, 1.54) is 0 Å². The van der Waals surface area contributed by atoms with Gasteiger partial charge in [-0.15, -0.1) is 0 Å². The van der Waals surface area contributed by atoms with Crippen LogP contribution in [0.4, 0.5) is 5.69 Å². The summed E-state index contributed by atoms with van der Waals surface area (Å²) < 4.78 is 0. The fourth-order valence-electron chi connectivity index (χ4n) is 3.45. The van der Waals surface area contributed by atoms with Crippen LogP contribution in [0.2, 0.25) is 5.02 Å². The molecule has 1 aromatic rings. The highest BCUT2D eigenvalue weighted by molar-refractivity contribution is 6.32. The van der Waals surface area contributed by atoms with Crippen molar-refractivity contribution in [1.29, 1.82) is 5.26 Å². The molecule has 0 spiro atoms. The molecule has 0 aromatic heterocycles. The van der Waals surface area contributed by atoms with Crippen LogP contribution in [0.5, 0.6) is 0 Å². The van der Waals surface area contributed by atoms with Crippen LogP contribution in [-0.2, 0) is 4.79 Å². The second-order valence-electron chi connectivity index (χ2n) is 5.91. The van der Waals surface area contributed by atoms with Crippen molar-refractivity contribution in [3.05, 3.63) is 28.8 Å². The highest BCUT2D eigenvalue weighted by atomic mass is 35.5. The van der Waals surface area contributed by atoms with E-state index < -0.39 is 5.60 Å². The molecule has 1 amide bonds. The summed E-state index contributed by atoms with van der Waals surface area (Å²) in [7, 11) is 0. The summed E-state index contributed by atoms with van der Waals surface area (Å²) in [6.45, 7) is 1.98. The van der Waals surface area contributed by atoms with Crippen LogP contribution in [0.1, 0.15) is 38.2 Å². The third-order valence-corrected chi connectivity index (χ3v) is 4.93. The van der Waals surface area contributed by atoms with Gasteiger partial charge in [-0.05, 0) is 43.4 Å². The molecule has 110 valence electrons. The highest BCUT2D eigenvalue weighted by Crippen LogP contribution is 2.50. The van der Waals surface area contributed by atoms with Crippen LogP contribution < -0.4 is 4.90 Å². The maximum Gasteiger partial charge on any atom is 0.230 e. The van der Waals surface area contributed by atoms with E-state index >= 15 is 0 Å². The monoisotopic (exact) mass is 304 g/mol. The Morgan fingerprint density at radius 1 is 1.52 bits per heavy atom. The van der Waals surface area contributed by atoms with Gasteiger partial charge < -0.3 is 10.0 Å². The molecular weight excluding hydrogens is 288 g/mol. The van der Waals surface area contributed by atoms with E-state index in [1.54, 1.807) is 23.1 Å². The molecule has 2 aliphatic rings. The van der Waals surface area contributed by atoms with Crippen LogP contribution in [-0.4, -0.2) is 22.7 Å². The molecule has 5 heteroatoms. The number of anilines is 1. The normalized spacial score (nSPS) is 28.8. The first-order valence-corrected chi connectivity index (χ1v) is 7.63. The summed E-state index contributed by atoms with van der Waals surface area (Å²) in [5.74, 6) is 0.155. The Balaban J connectivity index is 1.99. The third kappa shape index (κ3) is 2.21. The predicted octanol–water partition coefficient (Wildman–Crippen LogP) is 2.87. The Hall–Kier alpha value is -1.57. The van der Waals surface area contributed by atoms with Crippen LogP contribution >= 0.6 is 11.6 Å². The molecular formula is C16H17ClN2O2. The zero-order valence-electron chi connectivity index (χ0n) is 11.8. The minimum Gasteiger partial charge on any atom is -0.387 e. The minimum atomic E-state index is -0.924. The van der Waals surface area contributed by atoms with Crippen LogP contribution in [0.15, 0.2) is 18.2 Å². The van der Waals surface area contributed by atoms with Crippen molar-refractivity contribution in [3.63, 3.8) is 0 Å². The van der Waals surface area contributed by atoms with E-state index in [4.69, 9.17) is 16.9 Å². The molecule has 1 N–H and O–H groups in total. The molecule has 21 heavy (non-hydrogen) atoms. The molecule has 0 radical (unpaired) electrons. The molecule has 0 unspecified atom stereocenters. The Morgan fingerprint density at radius 2 is 2.24 bits per heavy atom. The zero-order chi connectivity index (χ0) is 15.2. The fraction of sp³-hybridized carbons (Fsp3) is 0.500. The van der Waals surface area contributed by atoms with E-state index in [9.17, 15) is 9.90 Å². The number of aliphatic hydroxyl groups is 1. The number of nitrogens with zero attached hydrogens (tertiary/aromatic N) is 2. The van der Waals surface area contributed by atoms with Gasteiger partial charge in [0.05, 0.1) is 28.6 Å². The van der Waals surface area contributed by atoms with E-state index in [0.717, 1.165) is 12.8 Å². The van der Waals surface area contributed by atoms with Gasteiger partial charge in [-0.3, -0.25) is 4.79 Å². The van der Waals surface area contributed by atoms with E-state index in [1.807, 2.05) is 13.0 Å². The second kappa shape index (κ2) is 5.01. The van der Waals surface area contributed by atoms with Crippen molar-refractivity contribution in [3.8, 4) is 6.07 Å². The number of hydrogen-bond donors (Lipinski definition) is 1. The van der Waals surface area contributed by atoms with Gasteiger partial charge in [0.2, 0.25) is 5.91 Å². The molecule has 1 aliphatic heterocycles. The van der Waals surface area contributed by atoms with E-state index in [2.05, 4.69) is 0 Å². The minimum absolute atomic E-state index is 0.0722. The number of hydrogen-bond acceptors (Lipinski definition) is 3. The topological polar surface area (TPSA) is 64.3 Å². The number of carbonyl (C=O) groups excluding carboxylic acids is 1. The van der Waals surface area contributed by atoms with Crippen LogP contribution in [0.3, 0.4) is 0 Å². The number of halogens is 1. The van der Waals surface area contributed by atoms with Gasteiger partial charge in [0.15, 0.2) is 0 Å². The number of carbonyl (C=O) groups is 1. The molecule has 0 bridgehead atoms. The van der Waals surface area contributed by atoms with E-state index in [0.29, 0.717) is 22.7 Å². The van der Waals surface area contributed by atoms with Crippen molar-refractivity contribution in [1.82, 2.24) is 0 Å². The van der Waals surface area contributed by atoms with Crippen molar-refractivity contribution < 1.29 is 9.90 Å². The maximum absolute atomic E-state index is 12.4. The van der Waals surface area contributed by atoms with Crippen molar-refractivity contribution in [2.24, 2.45) is 5.92 Å². The Labute approximate surface area is 128 Å². The summed E-state index contributed by atoms with van der Waals surface area (Å²) in [4.78, 5) is 14.1. The van der Waals surface area contributed by atoms with Crippen LogP contribution in [0.25, 0.3) is 0 Å². The summed E-state index contributed by atoms with van der Waals surface area (Å²) >= 11 is 6.07. The standard InChI is InChI=1S/C16H17ClN2O2/c1-2-14-16(21,11-4-5-11)8-15(20)19(14)12-6-3-10(9-18)13(17)7-12/h3,6-7,11,14,21H,2,4-5,8H2,1H3/t14-,16+/m0/s1. The molecule has 1 saturated carbocycles. The lowest BCUT2D eigenvalue weighted by Gasteiger charge is -2.33. The lowest BCUT2D eigenvalue weighted by atomic mass is 9.87.